The molecule has 5 rings (SSSR count). The number of rotatable bonds is 5. The highest BCUT2D eigenvalue weighted by molar-refractivity contribution is 5.98. The maximum atomic E-state index is 13.5. The van der Waals surface area contributed by atoms with Crippen LogP contribution >= 0.6 is 0 Å². The Morgan fingerprint density at radius 2 is 1.79 bits per heavy atom. The molecule has 0 saturated carbocycles. The zero-order chi connectivity index (χ0) is 23.5. The molecule has 0 unspecified atom stereocenters. The molecular weight excluding hydrogens is 430 g/mol. The second-order valence-corrected chi connectivity index (χ2v) is 8.21. The molecule has 0 atom stereocenters. The summed E-state index contributed by atoms with van der Waals surface area (Å²) in [7, 11) is 0. The number of aromatic amines is 1. The van der Waals surface area contributed by atoms with Gasteiger partial charge in [-0.05, 0) is 34.9 Å². The Kier molecular flexibility index (Phi) is 5.78. The molecule has 0 bridgehead atoms. The summed E-state index contributed by atoms with van der Waals surface area (Å²) >= 11 is 0. The van der Waals surface area contributed by atoms with E-state index in [2.05, 4.69) is 45.2 Å². The number of nitrogens with zero attached hydrogens (tertiary/aromatic N) is 4. The second-order valence-electron chi connectivity index (χ2n) is 8.21. The highest BCUT2D eigenvalue weighted by Crippen LogP contribution is 2.32. The number of hydrogen-bond acceptors (Lipinski definition) is 5. The molecule has 0 saturated heterocycles. The lowest BCUT2D eigenvalue weighted by Gasteiger charge is -2.24. The average Bonchev–Trinajstić information content (AvgIpc) is 3.32. The molecule has 0 aliphatic carbocycles. The maximum absolute atomic E-state index is 13.5. The van der Waals surface area contributed by atoms with E-state index >= 15 is 0 Å². The van der Waals surface area contributed by atoms with Gasteiger partial charge >= 0.3 is 0 Å². The fourth-order valence-corrected chi connectivity index (χ4v) is 4.38. The number of benzene rings is 3. The van der Waals surface area contributed by atoms with E-state index in [0.717, 1.165) is 28.1 Å². The molecule has 0 fully saturated rings. The van der Waals surface area contributed by atoms with Gasteiger partial charge in [0.15, 0.2) is 0 Å². The Labute approximate surface area is 196 Å². The quantitative estimate of drug-likeness (QED) is 0.351. The standard InChI is InChI=1S/C26H23N5O3/c32-26(23-8-4-5-9-25(23)31(33)34)30-13-12-29(17-22-15-27-18-28-22)24-11-10-20(14-21(24)16-30)19-6-2-1-3-7-19/h1-11,14-15,18H,12-13,16-17H2,(H,27,28). The van der Waals surface area contributed by atoms with Gasteiger partial charge in [0, 0.05) is 37.6 Å². The lowest BCUT2D eigenvalue weighted by molar-refractivity contribution is -0.385. The Balaban J connectivity index is 1.53. The van der Waals surface area contributed by atoms with Crippen LogP contribution in [0.1, 0.15) is 21.6 Å². The SMILES string of the molecule is O=C(c1ccccc1[N+](=O)[O-])N1CCN(Cc2cnc[nH]2)c2ccc(-c3ccccc3)cc2C1. The summed E-state index contributed by atoms with van der Waals surface area (Å²) in [6.07, 6.45) is 3.44. The summed E-state index contributed by atoms with van der Waals surface area (Å²) in [4.78, 5) is 35.6. The number of nitro groups is 1. The Hall–Kier alpha value is -4.46. The van der Waals surface area contributed by atoms with Crippen LogP contribution in [-0.4, -0.2) is 38.8 Å². The first-order chi connectivity index (χ1) is 16.6. The van der Waals surface area contributed by atoms with Crippen molar-refractivity contribution in [3.8, 4) is 11.1 Å². The highest BCUT2D eigenvalue weighted by atomic mass is 16.6. The smallest absolute Gasteiger partial charge is 0.282 e. The molecule has 8 nitrogen and oxygen atoms in total. The van der Waals surface area contributed by atoms with Crippen LogP contribution < -0.4 is 4.90 Å². The van der Waals surface area contributed by atoms with Gasteiger partial charge < -0.3 is 14.8 Å². The molecule has 170 valence electrons. The van der Waals surface area contributed by atoms with Gasteiger partial charge in [-0.25, -0.2) is 4.98 Å². The number of amides is 1. The summed E-state index contributed by atoms with van der Waals surface area (Å²) in [5, 5.41) is 11.5. The van der Waals surface area contributed by atoms with Gasteiger partial charge in [-0.15, -0.1) is 0 Å². The third-order valence-electron chi connectivity index (χ3n) is 6.06. The van der Waals surface area contributed by atoms with Crippen LogP contribution in [0.25, 0.3) is 11.1 Å². The minimum absolute atomic E-state index is 0.107. The molecule has 1 N–H and O–H groups in total. The second kappa shape index (κ2) is 9.19. The number of aromatic nitrogens is 2. The van der Waals surface area contributed by atoms with Gasteiger partial charge in [-0.2, -0.15) is 0 Å². The molecule has 1 aromatic heterocycles. The summed E-state index contributed by atoms with van der Waals surface area (Å²) in [5.74, 6) is -0.341. The van der Waals surface area contributed by atoms with Crippen molar-refractivity contribution < 1.29 is 9.72 Å². The molecule has 0 spiro atoms. The van der Waals surface area contributed by atoms with Crippen molar-refractivity contribution in [2.75, 3.05) is 18.0 Å². The number of nitrogens with one attached hydrogen (secondary N) is 1. The third-order valence-corrected chi connectivity index (χ3v) is 6.06. The van der Waals surface area contributed by atoms with Crippen molar-refractivity contribution in [1.82, 2.24) is 14.9 Å². The van der Waals surface area contributed by atoms with Gasteiger partial charge in [-0.3, -0.25) is 14.9 Å². The van der Waals surface area contributed by atoms with Gasteiger partial charge in [0.25, 0.3) is 11.6 Å². The lowest BCUT2D eigenvalue weighted by Crippen LogP contribution is -2.35. The van der Waals surface area contributed by atoms with E-state index < -0.39 is 4.92 Å². The Bertz CT molecular complexity index is 1320. The van der Waals surface area contributed by atoms with Crippen LogP contribution in [0.3, 0.4) is 0 Å². The van der Waals surface area contributed by atoms with Crippen LogP contribution in [0.15, 0.2) is 85.3 Å². The van der Waals surface area contributed by atoms with Crippen molar-refractivity contribution in [2.24, 2.45) is 0 Å². The predicted octanol–water partition coefficient (Wildman–Crippen LogP) is 4.65. The monoisotopic (exact) mass is 453 g/mol. The van der Waals surface area contributed by atoms with Crippen LogP contribution in [-0.2, 0) is 13.1 Å². The predicted molar refractivity (Wildman–Crippen MR) is 129 cm³/mol. The first-order valence-corrected chi connectivity index (χ1v) is 11.0. The molecular formula is C26H23N5O3. The summed E-state index contributed by atoms with van der Waals surface area (Å²) < 4.78 is 0. The number of H-pyrrole nitrogens is 1. The largest absolute Gasteiger partial charge is 0.364 e. The summed E-state index contributed by atoms with van der Waals surface area (Å²) in [5.41, 5.74) is 5.07. The number of carbonyl (C=O) groups is 1. The molecule has 3 aromatic carbocycles. The summed E-state index contributed by atoms with van der Waals surface area (Å²) in [6.45, 7) is 2.00. The maximum Gasteiger partial charge on any atom is 0.282 e. The first-order valence-electron chi connectivity index (χ1n) is 11.0. The van der Waals surface area contributed by atoms with Crippen LogP contribution in [0, 0.1) is 10.1 Å². The number of hydrogen-bond donors (Lipinski definition) is 1. The van der Waals surface area contributed by atoms with Crippen LogP contribution in [0.5, 0.6) is 0 Å². The van der Waals surface area contributed by atoms with Crippen molar-refractivity contribution in [1.29, 1.82) is 0 Å². The lowest BCUT2D eigenvalue weighted by atomic mass is 10.0. The number of fused-ring (bicyclic) bond motifs is 1. The molecule has 34 heavy (non-hydrogen) atoms. The molecule has 1 aliphatic heterocycles. The summed E-state index contributed by atoms with van der Waals surface area (Å²) in [6, 6.07) is 22.5. The van der Waals surface area contributed by atoms with E-state index in [1.54, 1.807) is 29.6 Å². The number of nitro benzene ring substituents is 1. The van der Waals surface area contributed by atoms with Gasteiger partial charge in [0.2, 0.25) is 0 Å². The van der Waals surface area contributed by atoms with Crippen molar-refractivity contribution in [3.63, 3.8) is 0 Å². The molecule has 1 amide bonds. The van der Waals surface area contributed by atoms with Crippen LogP contribution in [0.4, 0.5) is 11.4 Å². The fourth-order valence-electron chi connectivity index (χ4n) is 4.38. The van der Waals surface area contributed by atoms with E-state index in [9.17, 15) is 14.9 Å². The van der Waals surface area contributed by atoms with Gasteiger partial charge in [0.05, 0.1) is 23.5 Å². The molecule has 4 aromatic rings. The minimum Gasteiger partial charge on any atom is -0.364 e. The minimum atomic E-state index is -0.503. The molecule has 2 heterocycles. The Morgan fingerprint density at radius 1 is 1.00 bits per heavy atom. The zero-order valence-corrected chi connectivity index (χ0v) is 18.4. The normalized spacial score (nSPS) is 13.3. The van der Waals surface area contributed by atoms with Crippen molar-refractivity contribution in [2.45, 2.75) is 13.1 Å². The van der Waals surface area contributed by atoms with Gasteiger partial charge in [-0.1, -0.05) is 48.5 Å². The van der Waals surface area contributed by atoms with Crippen molar-refractivity contribution >= 4 is 17.3 Å². The number of imidazole rings is 1. The first kappa shape index (κ1) is 21.4. The van der Waals surface area contributed by atoms with E-state index in [0.29, 0.717) is 26.2 Å². The Morgan fingerprint density at radius 3 is 2.56 bits per heavy atom. The number of carbonyl (C=O) groups excluding carboxylic acids is 1. The number of anilines is 1. The average molecular weight is 454 g/mol. The highest BCUT2D eigenvalue weighted by Gasteiger charge is 2.28. The fraction of sp³-hybridized carbons (Fsp3) is 0.154. The van der Waals surface area contributed by atoms with Crippen molar-refractivity contribution in [3.05, 3.63) is 112 Å². The number of para-hydroxylation sites is 1. The van der Waals surface area contributed by atoms with Crippen LogP contribution in [0.2, 0.25) is 0 Å². The van der Waals surface area contributed by atoms with E-state index in [1.165, 1.54) is 12.1 Å². The van der Waals surface area contributed by atoms with E-state index in [4.69, 9.17) is 0 Å². The van der Waals surface area contributed by atoms with E-state index in [-0.39, 0.29) is 17.2 Å². The zero-order valence-electron chi connectivity index (χ0n) is 18.4. The molecule has 1 aliphatic rings. The molecule has 0 radical (unpaired) electrons. The van der Waals surface area contributed by atoms with Gasteiger partial charge in [0.1, 0.15) is 5.56 Å². The molecule has 8 heteroatoms. The third kappa shape index (κ3) is 4.25. The topological polar surface area (TPSA) is 95.4 Å². The van der Waals surface area contributed by atoms with E-state index in [1.807, 2.05) is 18.2 Å².